The summed E-state index contributed by atoms with van der Waals surface area (Å²) in [7, 11) is 1.71. The number of benzene rings is 4. The molecule has 0 radical (unpaired) electrons. The first kappa shape index (κ1) is 24.9. The van der Waals surface area contributed by atoms with Crippen LogP contribution in [0.4, 0.5) is 11.4 Å². The Labute approximate surface area is 200 Å². The third kappa shape index (κ3) is 5.77. The summed E-state index contributed by atoms with van der Waals surface area (Å²) in [5, 5.41) is 15.1. The van der Waals surface area contributed by atoms with Crippen molar-refractivity contribution in [1.29, 1.82) is 0 Å². The van der Waals surface area contributed by atoms with E-state index in [0.29, 0.717) is 6.61 Å². The maximum absolute atomic E-state index is 8.36. The van der Waals surface area contributed by atoms with E-state index < -0.39 is 0 Å². The molecule has 4 rings (SSSR count). The van der Waals surface area contributed by atoms with Crippen molar-refractivity contribution in [3.05, 3.63) is 72.8 Å². The van der Waals surface area contributed by atoms with Gasteiger partial charge in [0.05, 0.1) is 18.5 Å². The molecule has 0 amide bonds. The van der Waals surface area contributed by atoms with Gasteiger partial charge in [-0.1, -0.05) is 74.5 Å². The minimum Gasteiger partial charge on any atom is -0.495 e. The topological polar surface area (TPSA) is 71.0 Å². The van der Waals surface area contributed by atoms with Crippen LogP contribution in [0.25, 0.3) is 21.5 Å². The molecule has 0 unspecified atom stereocenters. The molecule has 0 aromatic heterocycles. The first-order chi connectivity index (χ1) is 16.7. The van der Waals surface area contributed by atoms with Gasteiger partial charge < -0.3 is 24.8 Å². The highest BCUT2D eigenvalue weighted by atomic mass is 16.5. The number of fused-ring (bicyclic) bond motifs is 2. The monoisotopic (exact) mass is 460 g/mol. The van der Waals surface area contributed by atoms with Gasteiger partial charge in [-0.15, -0.1) is 0 Å². The first-order valence-electron chi connectivity index (χ1n) is 11.4. The minimum atomic E-state index is -0.250. The van der Waals surface area contributed by atoms with Crippen LogP contribution in [0, 0.1) is 0 Å². The van der Waals surface area contributed by atoms with Crippen molar-refractivity contribution < 1.29 is 19.4 Å². The zero-order chi connectivity index (χ0) is 24.3. The molecule has 6 nitrogen and oxygen atoms in total. The quantitative estimate of drug-likeness (QED) is 0.291. The second-order valence-corrected chi connectivity index (χ2v) is 7.63. The number of carboxylic acid groups (broad SMARTS) is 1. The van der Waals surface area contributed by atoms with E-state index >= 15 is 0 Å². The molecule has 4 aromatic rings. The van der Waals surface area contributed by atoms with Crippen molar-refractivity contribution in [2.75, 3.05) is 38.7 Å². The fourth-order valence-corrected chi connectivity index (χ4v) is 4.00. The average Bonchev–Trinajstić information content (AvgIpc) is 2.88. The van der Waals surface area contributed by atoms with Crippen molar-refractivity contribution in [3.63, 3.8) is 0 Å². The molecular weight excluding hydrogens is 428 g/mol. The summed E-state index contributed by atoms with van der Waals surface area (Å²) in [5.41, 5.74) is 1.91. The largest absolute Gasteiger partial charge is 0.495 e. The Bertz CT molecular complexity index is 1220. The van der Waals surface area contributed by atoms with E-state index in [1.165, 1.54) is 5.39 Å². The molecule has 0 aliphatic carbocycles. The summed E-state index contributed by atoms with van der Waals surface area (Å²) in [6, 6.07) is 25.0. The average molecular weight is 461 g/mol. The van der Waals surface area contributed by atoms with Gasteiger partial charge in [0.1, 0.15) is 18.1 Å². The molecule has 0 saturated carbocycles. The molecule has 0 spiro atoms. The zero-order valence-corrected chi connectivity index (χ0v) is 20.0. The Balaban J connectivity index is 0.00000103. The number of anilines is 2. The minimum absolute atomic E-state index is 0.250. The molecule has 0 aliphatic heterocycles. The first-order valence-corrected chi connectivity index (χ1v) is 11.4. The summed E-state index contributed by atoms with van der Waals surface area (Å²) < 4.78 is 12.0. The van der Waals surface area contributed by atoms with Gasteiger partial charge >= 0.3 is 0 Å². The number of rotatable bonds is 9. The lowest BCUT2D eigenvalue weighted by Gasteiger charge is -2.21. The van der Waals surface area contributed by atoms with E-state index in [0.717, 1.165) is 58.7 Å². The van der Waals surface area contributed by atoms with Crippen LogP contribution in [0.2, 0.25) is 0 Å². The highest BCUT2D eigenvalue weighted by Gasteiger charge is 2.14. The van der Waals surface area contributed by atoms with Gasteiger partial charge in [-0.2, -0.15) is 0 Å². The lowest BCUT2D eigenvalue weighted by Crippen LogP contribution is -2.28. The number of nitrogens with one attached hydrogen (secondary N) is 1. The van der Waals surface area contributed by atoms with E-state index in [1.807, 2.05) is 6.07 Å². The summed E-state index contributed by atoms with van der Waals surface area (Å²) in [6.07, 6.45) is 0. The van der Waals surface area contributed by atoms with Crippen LogP contribution in [0.3, 0.4) is 0 Å². The molecule has 6 heteroatoms. The van der Waals surface area contributed by atoms with Crippen LogP contribution in [-0.2, 0) is 4.79 Å². The lowest BCUT2D eigenvalue weighted by molar-refractivity contribution is -0.122. The smallest absolute Gasteiger partial charge is 0.290 e. The normalized spacial score (nSPS) is 10.6. The van der Waals surface area contributed by atoms with Gasteiger partial charge in [0, 0.05) is 17.3 Å². The predicted molar refractivity (Wildman–Crippen MR) is 140 cm³/mol. The summed E-state index contributed by atoms with van der Waals surface area (Å²) >= 11 is 0. The lowest BCUT2D eigenvalue weighted by atomic mass is 10.1. The predicted octanol–water partition coefficient (Wildman–Crippen LogP) is 6.17. The second-order valence-electron chi connectivity index (χ2n) is 7.63. The Morgan fingerprint density at radius 1 is 0.824 bits per heavy atom. The molecule has 0 bridgehead atoms. The van der Waals surface area contributed by atoms with Crippen LogP contribution >= 0.6 is 0 Å². The molecular formula is C28H32N2O4. The van der Waals surface area contributed by atoms with E-state index in [9.17, 15) is 0 Å². The highest BCUT2D eigenvalue weighted by Crippen LogP contribution is 2.41. The van der Waals surface area contributed by atoms with Crippen molar-refractivity contribution in [2.45, 2.75) is 13.8 Å². The van der Waals surface area contributed by atoms with E-state index in [2.05, 4.69) is 90.8 Å². The number of hydrogen-bond donors (Lipinski definition) is 2. The number of nitrogens with zero attached hydrogens (tertiary/aromatic N) is 1. The molecule has 4 aromatic carbocycles. The summed E-state index contributed by atoms with van der Waals surface area (Å²) in [6.45, 7) is 7.70. The van der Waals surface area contributed by atoms with E-state index in [4.69, 9.17) is 19.4 Å². The van der Waals surface area contributed by atoms with Crippen molar-refractivity contribution in [3.8, 4) is 11.5 Å². The van der Waals surface area contributed by atoms with Gasteiger partial charge in [0.25, 0.3) is 6.47 Å². The van der Waals surface area contributed by atoms with Gasteiger partial charge in [-0.05, 0) is 36.0 Å². The number of methoxy groups -OCH3 is 1. The Morgan fingerprint density at radius 2 is 1.32 bits per heavy atom. The number of carbonyl (C=O) groups is 1. The van der Waals surface area contributed by atoms with Gasteiger partial charge in [-0.3, -0.25) is 4.79 Å². The van der Waals surface area contributed by atoms with E-state index in [-0.39, 0.29) is 6.47 Å². The third-order valence-corrected chi connectivity index (χ3v) is 5.81. The van der Waals surface area contributed by atoms with Gasteiger partial charge in [0.15, 0.2) is 0 Å². The van der Waals surface area contributed by atoms with Crippen LogP contribution in [0.5, 0.6) is 11.5 Å². The maximum Gasteiger partial charge on any atom is 0.290 e. The van der Waals surface area contributed by atoms with Crippen molar-refractivity contribution >= 4 is 39.4 Å². The molecule has 0 atom stereocenters. The van der Waals surface area contributed by atoms with Crippen LogP contribution in [-0.4, -0.2) is 49.8 Å². The molecule has 0 aliphatic rings. The third-order valence-electron chi connectivity index (χ3n) is 5.81. The van der Waals surface area contributed by atoms with Crippen molar-refractivity contribution in [1.82, 2.24) is 4.90 Å². The second kappa shape index (κ2) is 12.5. The van der Waals surface area contributed by atoms with Gasteiger partial charge in [-0.25, -0.2) is 0 Å². The van der Waals surface area contributed by atoms with Gasteiger partial charge in [0.2, 0.25) is 0 Å². The zero-order valence-electron chi connectivity index (χ0n) is 20.0. The fraction of sp³-hybridized carbons (Fsp3) is 0.250. The maximum atomic E-state index is 8.36. The number of likely N-dealkylation sites (N-methyl/N-ethyl adjacent to an activating group) is 1. The number of hydrogen-bond acceptors (Lipinski definition) is 5. The van der Waals surface area contributed by atoms with Crippen LogP contribution in [0.15, 0.2) is 72.8 Å². The van der Waals surface area contributed by atoms with Crippen molar-refractivity contribution in [2.24, 2.45) is 0 Å². The molecule has 0 fully saturated rings. The highest BCUT2D eigenvalue weighted by molar-refractivity contribution is 6.04. The molecule has 0 heterocycles. The standard InChI is InChI=1S/C27H30N2O2.CH2O2/c1-4-29(5-2)18-19-31-25-17-15-21-11-7-9-13-23(21)27(25)28-26-22-12-8-6-10-20(22)14-16-24(26)30-3;2-1-3/h6-17,28H,4-5,18-19H2,1-3H3;1H,(H,2,3). The summed E-state index contributed by atoms with van der Waals surface area (Å²) in [4.78, 5) is 10.7. The van der Waals surface area contributed by atoms with Crippen LogP contribution < -0.4 is 14.8 Å². The fourth-order valence-electron chi connectivity index (χ4n) is 4.00. The Morgan fingerprint density at radius 3 is 1.85 bits per heavy atom. The molecule has 178 valence electrons. The SMILES string of the molecule is CCN(CC)CCOc1ccc2ccccc2c1Nc1c(OC)ccc2ccccc12.O=CO. The molecule has 0 saturated heterocycles. The molecule has 34 heavy (non-hydrogen) atoms. The summed E-state index contributed by atoms with van der Waals surface area (Å²) in [5.74, 6) is 1.65. The number of ether oxygens (including phenoxy) is 2. The van der Waals surface area contributed by atoms with Crippen LogP contribution in [0.1, 0.15) is 13.8 Å². The van der Waals surface area contributed by atoms with E-state index in [1.54, 1.807) is 7.11 Å². The molecule has 2 N–H and O–H groups in total. The Kier molecular flexibility index (Phi) is 9.12. The Hall–Kier alpha value is -3.77.